The van der Waals surface area contributed by atoms with Gasteiger partial charge >= 0.3 is 12.0 Å². The van der Waals surface area contributed by atoms with Crippen LogP contribution in [-0.2, 0) is 4.79 Å². The van der Waals surface area contributed by atoms with Crippen molar-refractivity contribution in [1.29, 1.82) is 0 Å². The van der Waals surface area contributed by atoms with Gasteiger partial charge in [-0.05, 0) is 44.4 Å². The lowest BCUT2D eigenvalue weighted by Crippen LogP contribution is -2.43. The number of methoxy groups -OCH3 is 1. The number of nitrogens with zero attached hydrogens (tertiary/aromatic N) is 6. The zero-order chi connectivity index (χ0) is 27.6. The molecule has 4 aromatic rings. The van der Waals surface area contributed by atoms with Gasteiger partial charge in [0.05, 0.1) is 28.4 Å². The van der Waals surface area contributed by atoms with Crippen LogP contribution >= 0.6 is 11.3 Å². The molecule has 0 atom stereocenters. The molecule has 1 fully saturated rings. The lowest BCUT2D eigenvalue weighted by Gasteiger charge is -2.36. The van der Waals surface area contributed by atoms with Crippen molar-refractivity contribution in [2.45, 2.75) is 26.7 Å². The van der Waals surface area contributed by atoms with Crippen LogP contribution in [0.15, 0.2) is 36.9 Å². The van der Waals surface area contributed by atoms with Gasteiger partial charge in [0.2, 0.25) is 11.8 Å². The normalized spacial score (nSPS) is 14.7. The quantitative estimate of drug-likeness (QED) is 0.308. The molecule has 1 aromatic carbocycles. The summed E-state index contributed by atoms with van der Waals surface area (Å²) in [5.41, 5.74) is 3.02. The Labute approximate surface area is 228 Å². The van der Waals surface area contributed by atoms with E-state index in [1.807, 2.05) is 24.0 Å². The summed E-state index contributed by atoms with van der Waals surface area (Å²) >= 11 is 1.35. The minimum absolute atomic E-state index is 0.326. The number of rotatable bonds is 7. The van der Waals surface area contributed by atoms with Crippen molar-refractivity contribution in [2.24, 2.45) is 5.41 Å². The van der Waals surface area contributed by atoms with Gasteiger partial charge in [0.25, 0.3) is 0 Å². The number of fused-ring (bicyclic) bond motifs is 1. The van der Waals surface area contributed by atoms with Crippen LogP contribution in [0, 0.1) is 5.41 Å². The average Bonchev–Trinajstić information content (AvgIpc) is 3.35. The number of nitrogens with one attached hydrogen (secondary N) is 2. The van der Waals surface area contributed by atoms with Crippen LogP contribution in [-0.4, -0.2) is 68.8 Å². The second-order valence-electron chi connectivity index (χ2n) is 9.45. The van der Waals surface area contributed by atoms with Crippen LogP contribution in [0.1, 0.15) is 26.7 Å². The summed E-state index contributed by atoms with van der Waals surface area (Å²) in [6, 6.07) is 5.33. The minimum Gasteiger partial charge on any atom is -0.481 e. The zero-order valence-electron chi connectivity index (χ0n) is 21.8. The van der Waals surface area contributed by atoms with Crippen molar-refractivity contribution < 1.29 is 19.4 Å². The third-order valence-corrected chi connectivity index (χ3v) is 7.83. The second kappa shape index (κ2) is 10.8. The summed E-state index contributed by atoms with van der Waals surface area (Å²) in [4.78, 5) is 48.1. The van der Waals surface area contributed by atoms with Crippen LogP contribution in [0.5, 0.6) is 5.88 Å². The molecule has 2 amide bonds. The first kappa shape index (κ1) is 26.2. The monoisotopic (exact) mass is 548 g/mol. The molecule has 3 aromatic heterocycles. The second-order valence-corrected chi connectivity index (χ2v) is 10.4. The molecule has 0 spiro atoms. The molecule has 5 rings (SSSR count). The van der Waals surface area contributed by atoms with Crippen LogP contribution < -0.4 is 20.3 Å². The summed E-state index contributed by atoms with van der Waals surface area (Å²) in [6.07, 6.45) is 6.00. The van der Waals surface area contributed by atoms with Crippen LogP contribution in [0.2, 0.25) is 0 Å². The summed E-state index contributed by atoms with van der Waals surface area (Å²) < 4.78 is 6.14. The molecule has 0 aliphatic carbocycles. The fourth-order valence-corrected chi connectivity index (χ4v) is 5.35. The number of urea groups is 1. The number of carboxylic acid groups (broad SMARTS) is 1. The number of aliphatic carboxylic acids is 1. The first-order chi connectivity index (χ1) is 18.8. The molecule has 1 saturated heterocycles. The van der Waals surface area contributed by atoms with E-state index in [9.17, 15) is 14.7 Å². The molecule has 4 heterocycles. The first-order valence-corrected chi connectivity index (χ1v) is 13.3. The number of benzene rings is 1. The molecule has 12 nitrogen and oxygen atoms in total. The summed E-state index contributed by atoms with van der Waals surface area (Å²) in [5, 5.41) is 15.5. The predicted molar refractivity (Wildman–Crippen MR) is 148 cm³/mol. The van der Waals surface area contributed by atoms with E-state index in [0.29, 0.717) is 60.6 Å². The predicted octanol–water partition coefficient (Wildman–Crippen LogP) is 4.05. The number of carboxylic acids is 1. The van der Waals surface area contributed by atoms with Gasteiger partial charge in [-0.3, -0.25) is 10.1 Å². The van der Waals surface area contributed by atoms with E-state index in [-0.39, 0.29) is 6.03 Å². The highest BCUT2D eigenvalue weighted by Crippen LogP contribution is 2.39. The van der Waals surface area contributed by atoms with Crippen molar-refractivity contribution >= 4 is 44.6 Å². The Morgan fingerprint density at radius 2 is 1.85 bits per heavy atom. The highest BCUT2D eigenvalue weighted by Gasteiger charge is 2.37. The fourth-order valence-electron chi connectivity index (χ4n) is 4.39. The van der Waals surface area contributed by atoms with E-state index < -0.39 is 11.4 Å². The van der Waals surface area contributed by atoms with Crippen LogP contribution in [0.25, 0.3) is 32.6 Å². The van der Waals surface area contributed by atoms with E-state index >= 15 is 0 Å². The SMILES string of the molecule is CCNC(=O)Nc1nc2cc(-c3cnc(N4CCC(C)(C(=O)O)CC4)nc3)cc(-c3cc(OC)ncn3)c2s1. The van der Waals surface area contributed by atoms with Gasteiger partial charge in [0, 0.05) is 49.2 Å². The number of thiazole rings is 1. The van der Waals surface area contributed by atoms with E-state index in [1.54, 1.807) is 32.5 Å². The Balaban J connectivity index is 1.49. The number of aromatic nitrogens is 5. The van der Waals surface area contributed by atoms with Gasteiger partial charge in [-0.2, -0.15) is 0 Å². The Kier molecular flexibility index (Phi) is 7.24. The van der Waals surface area contributed by atoms with Gasteiger partial charge < -0.3 is 20.1 Å². The Hall–Kier alpha value is -4.39. The maximum atomic E-state index is 12.1. The van der Waals surface area contributed by atoms with E-state index in [1.165, 1.54) is 17.7 Å². The maximum absolute atomic E-state index is 12.1. The van der Waals surface area contributed by atoms with Crippen LogP contribution in [0.4, 0.5) is 15.9 Å². The highest BCUT2D eigenvalue weighted by atomic mass is 32.1. The number of amides is 2. The van der Waals surface area contributed by atoms with Crippen LogP contribution in [0.3, 0.4) is 0 Å². The summed E-state index contributed by atoms with van der Waals surface area (Å²) in [5.74, 6) is 0.226. The number of piperidine rings is 1. The van der Waals surface area contributed by atoms with Gasteiger partial charge in [0.15, 0.2) is 5.13 Å². The molecular formula is C26H28N8O4S. The molecule has 0 bridgehead atoms. The van der Waals surface area contributed by atoms with Crippen molar-refractivity contribution in [3.63, 3.8) is 0 Å². The largest absolute Gasteiger partial charge is 0.481 e. The molecule has 1 aliphatic heterocycles. The standard InChI is InChI=1S/C26H28N8O4S/c1-4-27-24(37)33-25-32-19-10-15(9-17(21(19)39-25)18-11-20(38-3)31-14-30-18)16-12-28-23(29-13-16)34-7-5-26(2,6-8-34)22(35)36/h9-14H,4-8H2,1-3H3,(H,35,36)(H2,27,32,33,37). The number of hydrogen-bond donors (Lipinski definition) is 3. The molecule has 0 saturated carbocycles. The molecule has 13 heteroatoms. The van der Waals surface area contributed by atoms with Crippen molar-refractivity contribution in [3.8, 4) is 28.3 Å². The average molecular weight is 549 g/mol. The Morgan fingerprint density at radius 3 is 2.51 bits per heavy atom. The van der Waals surface area contributed by atoms with Crippen molar-refractivity contribution in [1.82, 2.24) is 30.2 Å². The number of carbonyl (C=O) groups excluding carboxylic acids is 1. The Bertz CT molecular complexity index is 1520. The molecule has 39 heavy (non-hydrogen) atoms. The number of hydrogen-bond acceptors (Lipinski definition) is 10. The Morgan fingerprint density at radius 1 is 1.10 bits per heavy atom. The smallest absolute Gasteiger partial charge is 0.321 e. The van der Waals surface area contributed by atoms with Crippen molar-refractivity contribution in [3.05, 3.63) is 36.9 Å². The zero-order valence-corrected chi connectivity index (χ0v) is 22.6. The molecule has 1 aliphatic rings. The van der Waals surface area contributed by atoms with E-state index in [2.05, 4.69) is 35.6 Å². The van der Waals surface area contributed by atoms with E-state index in [4.69, 9.17) is 4.74 Å². The summed E-state index contributed by atoms with van der Waals surface area (Å²) in [7, 11) is 1.54. The van der Waals surface area contributed by atoms with Gasteiger partial charge in [0.1, 0.15) is 6.33 Å². The highest BCUT2D eigenvalue weighted by molar-refractivity contribution is 7.22. The fraction of sp³-hybridized carbons (Fsp3) is 0.346. The van der Waals surface area contributed by atoms with Gasteiger partial charge in [-0.1, -0.05) is 11.3 Å². The number of ether oxygens (including phenoxy) is 1. The molecular weight excluding hydrogens is 520 g/mol. The topological polar surface area (TPSA) is 155 Å². The van der Waals surface area contributed by atoms with Gasteiger partial charge in [-0.15, -0.1) is 0 Å². The maximum Gasteiger partial charge on any atom is 0.321 e. The third-order valence-electron chi connectivity index (χ3n) is 6.81. The van der Waals surface area contributed by atoms with E-state index in [0.717, 1.165) is 21.4 Å². The molecule has 0 unspecified atom stereocenters. The minimum atomic E-state index is -0.766. The first-order valence-electron chi connectivity index (χ1n) is 12.5. The van der Waals surface area contributed by atoms with Crippen molar-refractivity contribution in [2.75, 3.05) is 37.0 Å². The number of anilines is 2. The molecule has 3 N–H and O–H groups in total. The third kappa shape index (κ3) is 5.43. The lowest BCUT2D eigenvalue weighted by molar-refractivity contribution is -0.149. The molecule has 0 radical (unpaired) electrons. The van der Waals surface area contributed by atoms with Gasteiger partial charge in [-0.25, -0.2) is 29.7 Å². The lowest BCUT2D eigenvalue weighted by atomic mass is 9.80. The number of carbonyl (C=O) groups is 2. The molecule has 202 valence electrons. The summed E-state index contributed by atoms with van der Waals surface area (Å²) in [6.45, 7) is 5.28.